The van der Waals surface area contributed by atoms with Crippen molar-refractivity contribution in [3.8, 4) is 5.69 Å². The quantitative estimate of drug-likeness (QED) is 0.561. The van der Waals surface area contributed by atoms with Crippen molar-refractivity contribution in [2.45, 2.75) is 32.2 Å². The number of benzene rings is 2. The number of amidine groups is 1. The van der Waals surface area contributed by atoms with Crippen molar-refractivity contribution in [1.82, 2.24) is 14.5 Å². The van der Waals surface area contributed by atoms with Crippen LogP contribution in [0.15, 0.2) is 59.7 Å². The van der Waals surface area contributed by atoms with Crippen molar-refractivity contribution in [3.05, 3.63) is 88.3 Å². The van der Waals surface area contributed by atoms with Gasteiger partial charge in [-0.2, -0.15) is 0 Å². The molecule has 0 N–H and O–H groups in total. The molecule has 2 fully saturated rings. The maximum atomic E-state index is 13.6. The summed E-state index contributed by atoms with van der Waals surface area (Å²) in [5, 5.41) is 4.53. The molecule has 7 heteroatoms. The molecule has 1 aliphatic carbocycles. The molecule has 35 heavy (non-hydrogen) atoms. The number of aryl methyl sites for hydroxylation is 1. The van der Waals surface area contributed by atoms with Gasteiger partial charge >= 0.3 is 0 Å². The fourth-order valence-corrected chi connectivity index (χ4v) is 5.91. The minimum atomic E-state index is -0.227. The van der Waals surface area contributed by atoms with E-state index < -0.39 is 0 Å². The van der Waals surface area contributed by atoms with Gasteiger partial charge in [0.15, 0.2) is 5.84 Å². The van der Waals surface area contributed by atoms with E-state index in [2.05, 4.69) is 44.0 Å². The van der Waals surface area contributed by atoms with E-state index in [9.17, 15) is 4.39 Å². The number of nitrogens with zero attached hydrogens (tertiary/aromatic N) is 4. The molecular weight excluding hydrogens is 443 g/mol. The second kappa shape index (κ2) is 7.78. The number of fused-ring (bicyclic) bond motifs is 2. The van der Waals surface area contributed by atoms with Crippen molar-refractivity contribution in [1.29, 1.82) is 0 Å². The topological polar surface area (TPSA) is 51.9 Å². The molecule has 6 nitrogen and oxygen atoms in total. The Kier molecular flexibility index (Phi) is 4.64. The summed E-state index contributed by atoms with van der Waals surface area (Å²) in [6, 6.07) is 11.2. The van der Waals surface area contributed by atoms with Crippen molar-refractivity contribution in [2.24, 2.45) is 10.6 Å². The van der Waals surface area contributed by atoms with Crippen LogP contribution in [-0.2, 0) is 22.4 Å². The van der Waals surface area contributed by atoms with Gasteiger partial charge in [-0.25, -0.2) is 9.37 Å². The first-order chi connectivity index (χ1) is 17.1. The van der Waals surface area contributed by atoms with E-state index in [1.54, 1.807) is 0 Å². The highest BCUT2D eigenvalue weighted by atomic mass is 19.1. The molecule has 4 aliphatic rings. The molecule has 7 rings (SSSR count). The summed E-state index contributed by atoms with van der Waals surface area (Å²) >= 11 is 0. The van der Waals surface area contributed by atoms with Crippen LogP contribution in [0.5, 0.6) is 0 Å². The largest absolute Gasteiger partial charge is 0.392 e. The van der Waals surface area contributed by atoms with E-state index in [1.807, 2.05) is 25.4 Å². The Morgan fingerprint density at radius 1 is 1.09 bits per heavy atom. The monoisotopic (exact) mass is 470 g/mol. The van der Waals surface area contributed by atoms with Crippen molar-refractivity contribution < 1.29 is 14.0 Å². The van der Waals surface area contributed by atoms with Crippen LogP contribution < -0.4 is 0 Å². The van der Waals surface area contributed by atoms with Gasteiger partial charge in [-0.1, -0.05) is 23.4 Å². The molecule has 0 amide bonds. The van der Waals surface area contributed by atoms with Crippen LogP contribution in [0.25, 0.3) is 11.8 Å². The Balaban J connectivity index is 1.27. The molecule has 1 unspecified atom stereocenters. The predicted molar refractivity (Wildman–Crippen MR) is 131 cm³/mol. The Morgan fingerprint density at radius 3 is 2.60 bits per heavy atom. The van der Waals surface area contributed by atoms with Gasteiger partial charge in [-0.05, 0) is 78.3 Å². The second-order valence-electron chi connectivity index (χ2n) is 10.3. The molecule has 2 aromatic carbocycles. The second-order valence-corrected chi connectivity index (χ2v) is 10.3. The van der Waals surface area contributed by atoms with Crippen LogP contribution in [0, 0.1) is 18.2 Å². The summed E-state index contributed by atoms with van der Waals surface area (Å²) in [7, 11) is 0. The van der Waals surface area contributed by atoms with Gasteiger partial charge in [-0.3, -0.25) is 0 Å². The molecule has 0 bridgehead atoms. The molecule has 3 aliphatic heterocycles. The molecule has 1 aromatic heterocycles. The third-order valence-corrected chi connectivity index (χ3v) is 7.85. The van der Waals surface area contributed by atoms with Crippen LogP contribution in [0.3, 0.4) is 0 Å². The zero-order chi connectivity index (χ0) is 23.6. The van der Waals surface area contributed by atoms with Crippen LogP contribution in [-0.4, -0.2) is 46.7 Å². The number of halogens is 1. The molecule has 1 atom stereocenters. The third-order valence-electron chi connectivity index (χ3n) is 7.85. The smallest absolute Gasteiger partial charge is 0.172 e. The summed E-state index contributed by atoms with van der Waals surface area (Å²) in [5.41, 5.74) is 8.62. The fourth-order valence-electron chi connectivity index (χ4n) is 5.91. The summed E-state index contributed by atoms with van der Waals surface area (Å²) in [5.74, 6) is 0.667. The van der Waals surface area contributed by atoms with Gasteiger partial charge < -0.3 is 19.0 Å². The van der Waals surface area contributed by atoms with Gasteiger partial charge in [-0.15, -0.1) is 0 Å². The van der Waals surface area contributed by atoms with Crippen LogP contribution in [0.4, 0.5) is 4.39 Å². The lowest BCUT2D eigenvalue weighted by atomic mass is 9.74. The average molecular weight is 471 g/mol. The van der Waals surface area contributed by atoms with Crippen LogP contribution in [0.1, 0.15) is 40.4 Å². The first-order valence-corrected chi connectivity index (χ1v) is 12.3. The SMILES string of the molecule is Cc1cn(-c2ccc(C=C3CC4(COC4)CN4C3=NOCC4c3ccc(F)cc3)c3c2CC3)cn1. The van der Waals surface area contributed by atoms with E-state index in [-0.39, 0.29) is 17.3 Å². The minimum absolute atomic E-state index is 0.000862. The maximum Gasteiger partial charge on any atom is 0.172 e. The number of piperidine rings is 1. The first-order valence-electron chi connectivity index (χ1n) is 12.3. The molecule has 4 heterocycles. The molecule has 0 radical (unpaired) electrons. The molecule has 0 saturated carbocycles. The normalized spacial score (nSPS) is 23.1. The number of rotatable bonds is 3. The van der Waals surface area contributed by atoms with Gasteiger partial charge in [0.25, 0.3) is 0 Å². The summed E-state index contributed by atoms with van der Waals surface area (Å²) in [6.45, 7) is 4.84. The Hall–Kier alpha value is -3.45. The lowest BCUT2D eigenvalue weighted by Crippen LogP contribution is -2.58. The van der Waals surface area contributed by atoms with Crippen LogP contribution >= 0.6 is 0 Å². The van der Waals surface area contributed by atoms with Gasteiger partial charge in [0.05, 0.1) is 31.3 Å². The number of hydrogen-bond acceptors (Lipinski definition) is 5. The summed E-state index contributed by atoms with van der Waals surface area (Å²) in [6.07, 6.45) is 9.36. The Bertz CT molecular complexity index is 1370. The lowest BCUT2D eigenvalue weighted by molar-refractivity contribution is -0.131. The number of ether oxygens (including phenoxy) is 1. The molecule has 2 saturated heterocycles. The number of imidazole rings is 1. The van der Waals surface area contributed by atoms with Crippen LogP contribution in [0.2, 0.25) is 0 Å². The predicted octanol–water partition coefficient (Wildman–Crippen LogP) is 4.61. The van der Waals surface area contributed by atoms with E-state index in [0.717, 1.165) is 56.1 Å². The first kappa shape index (κ1) is 20.9. The van der Waals surface area contributed by atoms with E-state index in [1.165, 1.54) is 40.1 Å². The van der Waals surface area contributed by atoms with Gasteiger partial charge in [0, 0.05) is 23.8 Å². The molecule has 1 spiro atoms. The zero-order valence-electron chi connectivity index (χ0n) is 19.7. The minimum Gasteiger partial charge on any atom is -0.392 e. The Morgan fingerprint density at radius 2 is 1.91 bits per heavy atom. The number of oxime groups is 1. The number of aromatic nitrogens is 2. The van der Waals surface area contributed by atoms with Crippen molar-refractivity contribution in [2.75, 3.05) is 26.4 Å². The highest BCUT2D eigenvalue weighted by Crippen LogP contribution is 2.45. The zero-order valence-corrected chi connectivity index (χ0v) is 19.7. The van der Waals surface area contributed by atoms with Gasteiger partial charge in [0.1, 0.15) is 12.4 Å². The number of hydrogen-bond donors (Lipinski definition) is 0. The fraction of sp³-hybridized carbons (Fsp3) is 0.357. The molecular formula is C28H27FN4O2. The third kappa shape index (κ3) is 3.40. The van der Waals surface area contributed by atoms with E-state index in [0.29, 0.717) is 6.61 Å². The highest BCUT2D eigenvalue weighted by Gasteiger charge is 2.49. The van der Waals surface area contributed by atoms with Gasteiger partial charge in [0.2, 0.25) is 0 Å². The van der Waals surface area contributed by atoms with E-state index >= 15 is 0 Å². The molecule has 3 aromatic rings. The summed E-state index contributed by atoms with van der Waals surface area (Å²) < 4.78 is 21.4. The maximum absolute atomic E-state index is 13.6. The summed E-state index contributed by atoms with van der Waals surface area (Å²) in [4.78, 5) is 12.5. The van der Waals surface area contributed by atoms with Crippen molar-refractivity contribution >= 4 is 11.9 Å². The lowest BCUT2D eigenvalue weighted by Gasteiger charge is -2.52. The molecule has 178 valence electrons. The van der Waals surface area contributed by atoms with E-state index in [4.69, 9.17) is 9.57 Å². The Labute approximate surface area is 203 Å². The standard InChI is InChI=1S/C28H27FN4O2/c1-18-12-32(17-30-18)25-9-4-20(23-7-8-24(23)25)10-21-11-28(15-34-16-28)14-33-26(13-35-31-27(21)33)19-2-5-22(29)6-3-19/h2-6,9-10,12,17,26H,7-8,11,13-16H2,1H3. The highest BCUT2D eigenvalue weighted by molar-refractivity contribution is 6.03. The van der Waals surface area contributed by atoms with Crippen molar-refractivity contribution in [3.63, 3.8) is 0 Å². The average Bonchev–Trinajstić information content (AvgIpc) is 3.25.